The predicted molar refractivity (Wildman–Crippen MR) is 106 cm³/mol. The number of carbonyl (C=O) groups excluding carboxylic acids is 1. The lowest BCUT2D eigenvalue weighted by Crippen LogP contribution is -2.14. The molecule has 9 heteroatoms. The van der Waals surface area contributed by atoms with E-state index >= 15 is 0 Å². The van der Waals surface area contributed by atoms with Gasteiger partial charge < -0.3 is 4.57 Å². The molecule has 0 aliphatic heterocycles. The smallest absolute Gasteiger partial charge is 0.348 e. The molecule has 0 aliphatic rings. The van der Waals surface area contributed by atoms with Crippen LogP contribution in [-0.2, 0) is 19.3 Å². The fraction of sp³-hybridized carbons (Fsp3) is 0.429. The number of halogens is 3. The molecule has 0 unspecified atom stereocenters. The summed E-state index contributed by atoms with van der Waals surface area (Å²) < 4.78 is 40.9. The Labute approximate surface area is 172 Å². The number of hydrogen-bond donors (Lipinski definition) is 0. The predicted octanol–water partition coefficient (Wildman–Crippen LogP) is 4.71. The molecule has 0 aliphatic carbocycles. The van der Waals surface area contributed by atoms with Gasteiger partial charge in [-0.25, -0.2) is 0 Å². The van der Waals surface area contributed by atoms with Gasteiger partial charge in [-0.1, -0.05) is 26.0 Å². The summed E-state index contributed by atoms with van der Waals surface area (Å²) in [5.41, 5.74) is 1.88. The Kier molecular flexibility index (Phi) is 6.09. The van der Waals surface area contributed by atoms with Gasteiger partial charge >= 0.3 is 6.18 Å². The lowest BCUT2D eigenvalue weighted by molar-refractivity contribution is -0.137. The van der Waals surface area contributed by atoms with E-state index in [1.807, 2.05) is 19.9 Å². The van der Waals surface area contributed by atoms with Crippen LogP contribution in [0.5, 0.6) is 0 Å². The highest BCUT2D eigenvalue weighted by Gasteiger charge is 2.30. The van der Waals surface area contributed by atoms with Crippen LogP contribution in [-0.4, -0.2) is 30.6 Å². The molecule has 6 nitrogen and oxygen atoms in total. The molecule has 3 rings (SSSR count). The molecule has 0 bridgehead atoms. The van der Waals surface area contributed by atoms with Crippen LogP contribution < -0.4 is 0 Å². The quantitative estimate of drug-likeness (QED) is 0.521. The van der Waals surface area contributed by atoms with Crippen molar-refractivity contribution in [2.45, 2.75) is 53.4 Å². The highest BCUT2D eigenvalue weighted by Crippen LogP contribution is 2.31. The van der Waals surface area contributed by atoms with Gasteiger partial charge in [0.2, 0.25) is 5.82 Å². The van der Waals surface area contributed by atoms with E-state index in [0.717, 1.165) is 41.3 Å². The first-order valence-corrected chi connectivity index (χ1v) is 9.71. The Morgan fingerprint density at radius 2 is 1.90 bits per heavy atom. The van der Waals surface area contributed by atoms with Crippen molar-refractivity contribution in [2.75, 3.05) is 0 Å². The van der Waals surface area contributed by atoms with Crippen molar-refractivity contribution in [3.8, 4) is 11.4 Å². The van der Waals surface area contributed by atoms with E-state index in [9.17, 15) is 18.0 Å². The molecule has 0 atom stereocenters. The summed E-state index contributed by atoms with van der Waals surface area (Å²) in [4.78, 5) is 13.9. The van der Waals surface area contributed by atoms with Crippen LogP contribution in [0.2, 0.25) is 0 Å². The summed E-state index contributed by atoms with van der Waals surface area (Å²) >= 11 is 0. The average molecular weight is 419 g/mol. The molecule has 30 heavy (non-hydrogen) atoms. The van der Waals surface area contributed by atoms with Crippen LogP contribution in [0.25, 0.3) is 11.4 Å². The number of carbonyl (C=O) groups is 1. The first-order chi connectivity index (χ1) is 14.1. The zero-order valence-corrected chi connectivity index (χ0v) is 17.4. The number of alkyl halides is 3. The Hall–Kier alpha value is -2.97. The van der Waals surface area contributed by atoms with Crippen molar-refractivity contribution < 1.29 is 18.0 Å². The standard InChI is InChI=1S/C21H24F3N5O/c1-13(2)8-9-28-14(3)10-18(15(28)4)19(30)12-29-26-20(25-27-29)16-6-5-7-17(11-16)21(22,23)24/h5-7,10-11,13H,8-9,12H2,1-4H3. The maximum absolute atomic E-state index is 12.9. The van der Waals surface area contributed by atoms with Gasteiger partial charge in [-0.2, -0.15) is 18.0 Å². The van der Waals surface area contributed by atoms with Gasteiger partial charge in [0.1, 0.15) is 6.54 Å². The summed E-state index contributed by atoms with van der Waals surface area (Å²) in [5, 5.41) is 11.7. The first-order valence-electron chi connectivity index (χ1n) is 9.71. The van der Waals surface area contributed by atoms with Crippen molar-refractivity contribution in [3.63, 3.8) is 0 Å². The molecular weight excluding hydrogens is 395 g/mol. The number of tetrazole rings is 1. The van der Waals surface area contributed by atoms with Crippen LogP contribution >= 0.6 is 0 Å². The van der Waals surface area contributed by atoms with Crippen molar-refractivity contribution in [3.05, 3.63) is 52.8 Å². The van der Waals surface area contributed by atoms with Crippen LogP contribution in [0.4, 0.5) is 13.2 Å². The summed E-state index contributed by atoms with van der Waals surface area (Å²) in [7, 11) is 0. The summed E-state index contributed by atoms with van der Waals surface area (Å²) in [5.74, 6) is 0.419. The topological polar surface area (TPSA) is 65.6 Å². The first kappa shape index (κ1) is 21.7. The number of hydrogen-bond acceptors (Lipinski definition) is 4. The minimum Gasteiger partial charge on any atom is -0.348 e. The summed E-state index contributed by atoms with van der Waals surface area (Å²) in [6.07, 6.45) is -3.45. The Bertz CT molecular complexity index is 1050. The molecule has 3 aromatic rings. The largest absolute Gasteiger partial charge is 0.416 e. The second-order valence-electron chi connectivity index (χ2n) is 7.76. The van der Waals surface area contributed by atoms with Crippen LogP contribution in [0.3, 0.4) is 0 Å². The van der Waals surface area contributed by atoms with Crippen LogP contribution in [0.15, 0.2) is 30.3 Å². The Balaban J connectivity index is 1.77. The minimum atomic E-state index is -4.46. The number of rotatable bonds is 7. The fourth-order valence-electron chi connectivity index (χ4n) is 3.29. The molecule has 0 saturated heterocycles. The van der Waals surface area contributed by atoms with Crippen molar-refractivity contribution in [1.82, 2.24) is 24.8 Å². The molecule has 2 aromatic heterocycles. The summed E-state index contributed by atoms with van der Waals surface area (Å²) in [6, 6.07) is 6.55. The van der Waals surface area contributed by atoms with E-state index in [4.69, 9.17) is 0 Å². The highest BCUT2D eigenvalue weighted by atomic mass is 19.4. The van der Waals surface area contributed by atoms with Crippen molar-refractivity contribution in [2.24, 2.45) is 5.92 Å². The van der Waals surface area contributed by atoms with E-state index < -0.39 is 11.7 Å². The SMILES string of the molecule is Cc1cc(C(=O)Cn2nnc(-c3cccc(C(F)(F)F)c3)n2)c(C)n1CCC(C)C. The molecule has 2 heterocycles. The minimum absolute atomic E-state index is 0.0382. The van der Waals surface area contributed by atoms with Gasteiger partial charge in [0.15, 0.2) is 5.78 Å². The maximum atomic E-state index is 12.9. The number of nitrogens with zero attached hydrogens (tertiary/aromatic N) is 5. The normalized spacial score (nSPS) is 12.0. The zero-order chi connectivity index (χ0) is 22.1. The molecule has 0 saturated carbocycles. The molecule has 0 spiro atoms. The van der Waals surface area contributed by atoms with Gasteiger partial charge in [0.05, 0.1) is 5.56 Å². The molecule has 1 aromatic carbocycles. The second kappa shape index (κ2) is 8.41. The third-order valence-corrected chi connectivity index (χ3v) is 4.99. The zero-order valence-electron chi connectivity index (χ0n) is 17.4. The molecule has 0 amide bonds. The monoisotopic (exact) mass is 419 g/mol. The van der Waals surface area contributed by atoms with Crippen LogP contribution in [0, 0.1) is 19.8 Å². The molecule has 0 fully saturated rings. The lowest BCUT2D eigenvalue weighted by Gasteiger charge is -2.11. The van der Waals surface area contributed by atoms with E-state index in [2.05, 4.69) is 33.8 Å². The molecule has 0 radical (unpaired) electrons. The van der Waals surface area contributed by atoms with Gasteiger partial charge in [0.25, 0.3) is 0 Å². The summed E-state index contributed by atoms with van der Waals surface area (Å²) in [6.45, 7) is 8.87. The number of Topliss-reactive ketones (excluding diaryl/α,β-unsaturated/α-hetero) is 1. The molecule has 160 valence electrons. The molecule has 0 N–H and O–H groups in total. The number of benzene rings is 1. The maximum Gasteiger partial charge on any atom is 0.416 e. The van der Waals surface area contributed by atoms with Crippen LogP contribution in [0.1, 0.15) is 47.6 Å². The fourth-order valence-corrected chi connectivity index (χ4v) is 3.29. The van der Waals surface area contributed by atoms with Crippen molar-refractivity contribution >= 4 is 5.78 Å². The Morgan fingerprint density at radius 1 is 1.17 bits per heavy atom. The lowest BCUT2D eigenvalue weighted by atomic mass is 10.1. The van der Waals surface area contributed by atoms with Crippen molar-refractivity contribution in [1.29, 1.82) is 0 Å². The molecular formula is C21H24F3N5O. The van der Waals surface area contributed by atoms with E-state index in [1.54, 1.807) is 0 Å². The number of aryl methyl sites for hydroxylation is 1. The van der Waals surface area contributed by atoms with Gasteiger partial charge in [0, 0.05) is 29.1 Å². The highest BCUT2D eigenvalue weighted by molar-refractivity contribution is 5.97. The number of ketones is 1. The van der Waals surface area contributed by atoms with Gasteiger partial charge in [-0.05, 0) is 49.6 Å². The Morgan fingerprint density at radius 3 is 2.57 bits per heavy atom. The van der Waals surface area contributed by atoms with Gasteiger partial charge in [-0.3, -0.25) is 4.79 Å². The third-order valence-electron chi connectivity index (χ3n) is 4.99. The third kappa shape index (κ3) is 4.77. The van der Waals surface area contributed by atoms with E-state index in [-0.39, 0.29) is 23.7 Å². The van der Waals surface area contributed by atoms with E-state index in [0.29, 0.717) is 11.5 Å². The second-order valence-corrected chi connectivity index (χ2v) is 7.76. The number of aromatic nitrogens is 5. The van der Waals surface area contributed by atoms with Gasteiger partial charge in [-0.15, -0.1) is 10.2 Å². The average Bonchev–Trinajstić information content (AvgIpc) is 3.24. The van der Waals surface area contributed by atoms with E-state index in [1.165, 1.54) is 12.1 Å².